The van der Waals surface area contributed by atoms with E-state index in [1.807, 2.05) is 30.6 Å². The van der Waals surface area contributed by atoms with Gasteiger partial charge in [-0.05, 0) is 48.5 Å². The summed E-state index contributed by atoms with van der Waals surface area (Å²) in [7, 11) is 0. The van der Waals surface area contributed by atoms with E-state index in [0.717, 1.165) is 33.8 Å². The van der Waals surface area contributed by atoms with Gasteiger partial charge >= 0.3 is 0 Å². The molecule has 0 fully saturated rings. The van der Waals surface area contributed by atoms with Crippen LogP contribution < -0.4 is 0 Å². The fourth-order valence-corrected chi connectivity index (χ4v) is 4.92. The summed E-state index contributed by atoms with van der Waals surface area (Å²) in [5.74, 6) is 0.888. The molecular weight excluding hydrogens is 416 g/mol. The molecule has 0 N–H and O–H groups in total. The molecule has 0 saturated carbocycles. The Morgan fingerprint density at radius 3 is 2.26 bits per heavy atom. The highest BCUT2D eigenvalue weighted by Crippen LogP contribution is 2.37. The van der Waals surface area contributed by atoms with Gasteiger partial charge in [0.15, 0.2) is 0 Å². The van der Waals surface area contributed by atoms with Crippen LogP contribution in [0, 0.1) is 0 Å². The van der Waals surface area contributed by atoms with Crippen molar-refractivity contribution >= 4 is 32.7 Å². The molecule has 34 heavy (non-hydrogen) atoms. The number of rotatable bonds is 3. The third-order valence-electron chi connectivity index (χ3n) is 6.46. The lowest BCUT2D eigenvalue weighted by molar-refractivity contribution is 1.07. The number of nitrogens with zero attached hydrogens (tertiary/aromatic N) is 4. The first-order valence-electron chi connectivity index (χ1n) is 11.3. The van der Waals surface area contributed by atoms with Gasteiger partial charge in [-0.25, -0.2) is 4.98 Å². The van der Waals surface area contributed by atoms with Gasteiger partial charge in [0.1, 0.15) is 5.82 Å². The van der Waals surface area contributed by atoms with Crippen molar-refractivity contribution in [2.75, 3.05) is 0 Å². The first-order valence-corrected chi connectivity index (χ1v) is 11.3. The van der Waals surface area contributed by atoms with Gasteiger partial charge in [-0.15, -0.1) is 0 Å². The van der Waals surface area contributed by atoms with E-state index in [4.69, 9.17) is 4.98 Å². The summed E-state index contributed by atoms with van der Waals surface area (Å²) in [6.07, 6.45) is 5.87. The average Bonchev–Trinajstić information content (AvgIpc) is 3.49. The number of hydrogen-bond acceptors (Lipinski definition) is 2. The van der Waals surface area contributed by atoms with Gasteiger partial charge in [-0.3, -0.25) is 9.55 Å². The van der Waals surface area contributed by atoms with Crippen molar-refractivity contribution < 1.29 is 0 Å². The maximum Gasteiger partial charge on any atom is 0.137 e. The molecule has 0 aliphatic heterocycles. The number of benzene rings is 3. The Hall–Kier alpha value is -4.70. The monoisotopic (exact) mass is 436 g/mol. The average molecular weight is 437 g/mol. The minimum atomic E-state index is 0.888. The molecule has 0 amide bonds. The second-order valence-corrected chi connectivity index (χ2v) is 8.39. The van der Waals surface area contributed by atoms with Gasteiger partial charge < -0.3 is 4.57 Å². The van der Waals surface area contributed by atoms with Crippen molar-refractivity contribution in [1.29, 1.82) is 0 Å². The molecule has 0 saturated heterocycles. The summed E-state index contributed by atoms with van der Waals surface area (Å²) in [6, 6.07) is 35.8. The van der Waals surface area contributed by atoms with Gasteiger partial charge in [0.2, 0.25) is 0 Å². The Morgan fingerprint density at radius 2 is 1.44 bits per heavy atom. The van der Waals surface area contributed by atoms with Crippen LogP contribution in [0.4, 0.5) is 0 Å². The van der Waals surface area contributed by atoms with E-state index in [1.54, 1.807) is 0 Å². The number of pyridine rings is 2. The summed E-state index contributed by atoms with van der Waals surface area (Å²) >= 11 is 0. The van der Waals surface area contributed by atoms with Crippen molar-refractivity contribution in [2.24, 2.45) is 0 Å². The standard InChI is InChI=1S/C30H20N4/c1-2-8-23(9-3-1)33-19-17-21-13-15-25-24-10-4-5-12-27(24)34(30(25)29(21)33)28-16-14-22(20-32-28)26-11-6-7-18-31-26/h1-20H. The van der Waals surface area contributed by atoms with Crippen LogP contribution >= 0.6 is 0 Å². The maximum atomic E-state index is 4.91. The first kappa shape index (κ1) is 18.8. The first-order chi connectivity index (χ1) is 16.9. The Morgan fingerprint density at radius 1 is 0.588 bits per heavy atom. The van der Waals surface area contributed by atoms with E-state index in [-0.39, 0.29) is 0 Å². The van der Waals surface area contributed by atoms with Crippen LogP contribution in [0.3, 0.4) is 0 Å². The lowest BCUT2D eigenvalue weighted by Crippen LogP contribution is -2.00. The summed E-state index contributed by atoms with van der Waals surface area (Å²) in [5, 5.41) is 3.64. The highest BCUT2D eigenvalue weighted by molar-refractivity contribution is 6.18. The van der Waals surface area contributed by atoms with Crippen LogP contribution in [0.2, 0.25) is 0 Å². The number of hydrogen-bond donors (Lipinski definition) is 0. The molecule has 0 atom stereocenters. The number of aromatic nitrogens is 4. The van der Waals surface area contributed by atoms with Crippen molar-refractivity contribution in [3.05, 3.63) is 122 Å². The smallest absolute Gasteiger partial charge is 0.137 e. The fourth-order valence-electron chi connectivity index (χ4n) is 4.92. The normalized spacial score (nSPS) is 11.5. The Balaban J connectivity index is 1.55. The van der Waals surface area contributed by atoms with E-state index in [1.165, 1.54) is 21.7 Å². The third-order valence-corrected chi connectivity index (χ3v) is 6.46. The van der Waals surface area contributed by atoms with Gasteiger partial charge in [-0.1, -0.05) is 54.6 Å². The fraction of sp³-hybridized carbons (Fsp3) is 0. The highest BCUT2D eigenvalue weighted by atomic mass is 15.1. The Kier molecular flexibility index (Phi) is 4.11. The second kappa shape index (κ2) is 7.42. The van der Waals surface area contributed by atoms with Crippen LogP contribution in [0.15, 0.2) is 122 Å². The number of para-hydroxylation sites is 2. The van der Waals surface area contributed by atoms with Crippen LogP contribution in [0.5, 0.6) is 0 Å². The number of fused-ring (bicyclic) bond motifs is 5. The van der Waals surface area contributed by atoms with Crippen molar-refractivity contribution in [3.8, 4) is 22.8 Å². The predicted molar refractivity (Wildman–Crippen MR) is 139 cm³/mol. The van der Waals surface area contributed by atoms with Crippen LogP contribution in [-0.4, -0.2) is 19.1 Å². The minimum absolute atomic E-state index is 0.888. The molecule has 3 aromatic carbocycles. The predicted octanol–water partition coefficient (Wildman–Crippen LogP) is 7.18. The van der Waals surface area contributed by atoms with E-state index in [0.29, 0.717) is 0 Å². The van der Waals surface area contributed by atoms with Crippen LogP contribution in [0.25, 0.3) is 55.5 Å². The van der Waals surface area contributed by atoms with E-state index in [9.17, 15) is 0 Å². The quantitative estimate of drug-likeness (QED) is 0.294. The molecule has 0 radical (unpaired) electrons. The molecular formula is C30H20N4. The zero-order chi connectivity index (χ0) is 22.5. The Bertz CT molecular complexity index is 1780. The summed E-state index contributed by atoms with van der Waals surface area (Å²) in [5.41, 5.74) is 6.54. The molecule has 4 nitrogen and oxygen atoms in total. The SMILES string of the molecule is c1ccc(-n2ccc3ccc4c5ccccc5n(-c5ccc(-c6ccccn6)cn5)c4c32)cc1. The highest BCUT2D eigenvalue weighted by Gasteiger charge is 2.18. The molecule has 160 valence electrons. The molecule has 7 aromatic rings. The van der Waals surface area contributed by atoms with Crippen molar-refractivity contribution in [2.45, 2.75) is 0 Å². The zero-order valence-electron chi connectivity index (χ0n) is 18.3. The molecule has 7 rings (SSSR count). The molecule has 0 aliphatic carbocycles. The second-order valence-electron chi connectivity index (χ2n) is 8.39. The topological polar surface area (TPSA) is 35.6 Å². The zero-order valence-corrected chi connectivity index (χ0v) is 18.3. The van der Waals surface area contributed by atoms with Gasteiger partial charge in [0.25, 0.3) is 0 Å². The van der Waals surface area contributed by atoms with Crippen molar-refractivity contribution in [1.82, 2.24) is 19.1 Å². The summed E-state index contributed by atoms with van der Waals surface area (Å²) < 4.78 is 4.56. The van der Waals surface area contributed by atoms with E-state index in [2.05, 4.69) is 105 Å². The van der Waals surface area contributed by atoms with Crippen LogP contribution in [-0.2, 0) is 0 Å². The summed E-state index contributed by atoms with van der Waals surface area (Å²) in [6.45, 7) is 0. The molecule has 0 aliphatic rings. The Labute approximate surface area is 196 Å². The van der Waals surface area contributed by atoms with Gasteiger partial charge in [-0.2, -0.15) is 0 Å². The molecule has 4 heteroatoms. The molecule has 4 aromatic heterocycles. The van der Waals surface area contributed by atoms with Gasteiger partial charge in [0, 0.05) is 46.0 Å². The van der Waals surface area contributed by atoms with Crippen LogP contribution in [0.1, 0.15) is 0 Å². The summed E-state index contributed by atoms with van der Waals surface area (Å²) in [4.78, 5) is 9.38. The van der Waals surface area contributed by atoms with Gasteiger partial charge in [0.05, 0.1) is 22.2 Å². The maximum absolute atomic E-state index is 4.91. The largest absolute Gasteiger partial charge is 0.315 e. The molecule has 0 spiro atoms. The van der Waals surface area contributed by atoms with Crippen molar-refractivity contribution in [3.63, 3.8) is 0 Å². The van der Waals surface area contributed by atoms with E-state index < -0.39 is 0 Å². The lowest BCUT2D eigenvalue weighted by Gasteiger charge is -2.11. The minimum Gasteiger partial charge on any atom is -0.315 e. The molecule has 0 bridgehead atoms. The lowest BCUT2D eigenvalue weighted by atomic mass is 10.1. The van der Waals surface area contributed by atoms with E-state index >= 15 is 0 Å². The third kappa shape index (κ3) is 2.79. The molecule has 4 heterocycles. The molecule has 0 unspecified atom stereocenters.